The van der Waals surface area contributed by atoms with Crippen LogP contribution in [0.5, 0.6) is 11.5 Å². The predicted octanol–water partition coefficient (Wildman–Crippen LogP) is 7.78. The number of hydrogen-bond donors (Lipinski definition) is 1. The Morgan fingerprint density at radius 2 is 1.88 bits per heavy atom. The van der Waals surface area contributed by atoms with Crippen LogP contribution in [0.25, 0.3) is 0 Å². The van der Waals surface area contributed by atoms with Gasteiger partial charge in [0.2, 0.25) is 13.5 Å². The van der Waals surface area contributed by atoms with E-state index in [1.54, 1.807) is 13.8 Å². The Bertz CT molecular complexity index is 1150. The monoisotopic (exact) mass is 611 g/mol. The lowest BCUT2D eigenvalue weighted by Crippen LogP contribution is -2.40. The van der Waals surface area contributed by atoms with Gasteiger partial charge in [0.1, 0.15) is 11.5 Å². The third kappa shape index (κ3) is 8.71. The summed E-state index contributed by atoms with van der Waals surface area (Å²) in [5, 5.41) is 15.8. The Morgan fingerprint density at radius 3 is 2.48 bits per heavy atom. The van der Waals surface area contributed by atoms with Crippen molar-refractivity contribution in [3.05, 3.63) is 45.5 Å². The first-order valence-electron chi connectivity index (χ1n) is 14.6. The molecule has 3 atom stereocenters. The Labute approximate surface area is 254 Å². The first kappa shape index (κ1) is 35.6. The molecule has 236 valence electrons. The zero-order valence-corrected chi connectivity index (χ0v) is 27.0. The van der Waals surface area contributed by atoms with Gasteiger partial charge >= 0.3 is 5.97 Å². The number of rotatable bonds is 15. The van der Waals surface area contributed by atoms with E-state index in [0.29, 0.717) is 42.4 Å². The molecule has 1 aromatic carbocycles. The molecular weight excluding hydrogens is 565 g/mol. The number of allylic oxidation sites excluding steroid dienone is 4. The van der Waals surface area contributed by atoms with E-state index < -0.39 is 19.1 Å². The third-order valence-corrected chi connectivity index (χ3v) is 8.60. The molecule has 1 aliphatic rings. The van der Waals surface area contributed by atoms with Crippen LogP contribution in [0, 0.1) is 24.2 Å². The van der Waals surface area contributed by atoms with Gasteiger partial charge in [0.25, 0.3) is 0 Å². The Kier molecular flexibility index (Phi) is 14.3. The number of oxime groups is 1. The molecule has 0 bridgehead atoms. The highest BCUT2D eigenvalue weighted by Gasteiger charge is 2.41. The highest BCUT2D eigenvalue weighted by atomic mass is 35.5. The number of phenols is 1. The van der Waals surface area contributed by atoms with Crippen molar-refractivity contribution >= 4 is 23.3 Å². The smallest absolute Gasteiger partial charge is 0.347 e. The van der Waals surface area contributed by atoms with Crippen LogP contribution in [0.3, 0.4) is 0 Å². The standard InChI is InChI=1S/C32H47ClFNO7/c1-9-38-26(36)18-42-35-25-15-13-21(5)32(8,23(25)7)17-16-20(4)12-14-24-29(37)27(31(39-10-2)40-11-3)22(6)28(33)30(24)41-19-34/h12,16-17,21,23,31,37H,9-11,13-15,18-19H2,1-8H3/b17-16+,20-12+,35-25+/t21-,23+,32+/m1/s1. The summed E-state index contributed by atoms with van der Waals surface area (Å²) in [5.74, 6) is 0.0186. The van der Waals surface area contributed by atoms with Gasteiger partial charge in [-0.15, -0.1) is 0 Å². The fourth-order valence-electron chi connectivity index (χ4n) is 5.19. The van der Waals surface area contributed by atoms with E-state index in [0.717, 1.165) is 24.1 Å². The molecule has 0 radical (unpaired) electrons. The maximum absolute atomic E-state index is 13.3. The summed E-state index contributed by atoms with van der Waals surface area (Å²) in [7, 11) is 0. The number of benzene rings is 1. The summed E-state index contributed by atoms with van der Waals surface area (Å²) in [6, 6.07) is 0. The second-order valence-electron chi connectivity index (χ2n) is 10.7. The number of carbonyl (C=O) groups excluding carboxylic acids is 1. The van der Waals surface area contributed by atoms with Crippen molar-refractivity contribution in [2.24, 2.45) is 22.4 Å². The summed E-state index contributed by atoms with van der Waals surface area (Å²) in [5.41, 5.74) is 2.89. The van der Waals surface area contributed by atoms with Crippen molar-refractivity contribution in [3.8, 4) is 11.5 Å². The summed E-state index contributed by atoms with van der Waals surface area (Å²) >= 11 is 6.61. The maximum atomic E-state index is 13.3. The first-order chi connectivity index (χ1) is 20.0. The van der Waals surface area contributed by atoms with Gasteiger partial charge in [0.05, 0.1) is 22.9 Å². The molecule has 10 heteroatoms. The predicted molar refractivity (Wildman–Crippen MR) is 163 cm³/mol. The van der Waals surface area contributed by atoms with Gasteiger partial charge in [-0.2, -0.15) is 0 Å². The highest BCUT2D eigenvalue weighted by Crippen LogP contribution is 2.47. The number of alkyl halides is 1. The maximum Gasteiger partial charge on any atom is 0.347 e. The van der Waals surface area contributed by atoms with Crippen LogP contribution in [0.4, 0.5) is 4.39 Å². The molecule has 2 rings (SSSR count). The van der Waals surface area contributed by atoms with Crippen LogP contribution in [0.1, 0.15) is 84.3 Å². The lowest BCUT2D eigenvalue weighted by atomic mass is 9.61. The number of ether oxygens (including phenoxy) is 4. The third-order valence-electron chi connectivity index (χ3n) is 8.15. The molecule has 1 N–H and O–H groups in total. The molecule has 0 aliphatic heterocycles. The number of phenolic OH excluding ortho intramolecular Hbond substituents is 1. The SMILES string of the molecule is CCOC(=O)CO/N=C1\CC[C@@H](C)[C@](C)(/C=C/C(C)=C/Cc2c(O)c(C(OCC)OCC)c(C)c(Cl)c2OCF)[C@H]1C. The van der Waals surface area contributed by atoms with E-state index in [1.165, 1.54) is 0 Å². The van der Waals surface area contributed by atoms with Crippen LogP contribution in [0.15, 0.2) is 29.0 Å². The van der Waals surface area contributed by atoms with E-state index in [4.69, 9.17) is 35.4 Å². The Morgan fingerprint density at radius 1 is 1.21 bits per heavy atom. The molecule has 42 heavy (non-hydrogen) atoms. The lowest BCUT2D eigenvalue weighted by Gasteiger charge is -2.43. The summed E-state index contributed by atoms with van der Waals surface area (Å²) in [4.78, 5) is 16.9. The van der Waals surface area contributed by atoms with Crippen LogP contribution in [-0.4, -0.2) is 50.1 Å². The van der Waals surface area contributed by atoms with Gasteiger partial charge in [0, 0.05) is 24.7 Å². The molecule has 0 heterocycles. The second-order valence-corrected chi connectivity index (χ2v) is 11.1. The van der Waals surface area contributed by atoms with Crippen molar-refractivity contribution in [1.82, 2.24) is 0 Å². The fraction of sp³-hybridized carbons (Fsp3) is 0.625. The van der Waals surface area contributed by atoms with Gasteiger partial charge in [-0.05, 0) is 70.8 Å². The van der Waals surface area contributed by atoms with E-state index in [2.05, 4.69) is 32.0 Å². The molecule has 1 aromatic rings. The number of carbonyl (C=O) groups is 1. The number of halogens is 2. The molecule has 0 aromatic heterocycles. The zero-order chi connectivity index (χ0) is 31.4. The normalized spacial score (nSPS) is 22.3. The topological polar surface area (TPSA) is 95.8 Å². The summed E-state index contributed by atoms with van der Waals surface area (Å²) < 4.78 is 35.0. The van der Waals surface area contributed by atoms with Crippen LogP contribution < -0.4 is 4.74 Å². The van der Waals surface area contributed by atoms with Crippen molar-refractivity contribution < 1.29 is 38.1 Å². The minimum atomic E-state index is -1.09. The number of hydrogen-bond acceptors (Lipinski definition) is 8. The van der Waals surface area contributed by atoms with Gasteiger partial charge in [-0.25, -0.2) is 9.18 Å². The fourth-order valence-corrected chi connectivity index (χ4v) is 5.46. The molecule has 0 saturated heterocycles. The Hall–Kier alpha value is -2.62. The van der Waals surface area contributed by atoms with Crippen molar-refractivity contribution in [1.29, 1.82) is 0 Å². The zero-order valence-electron chi connectivity index (χ0n) is 26.2. The van der Waals surface area contributed by atoms with Crippen LogP contribution >= 0.6 is 11.6 Å². The molecule has 1 fully saturated rings. The minimum Gasteiger partial charge on any atom is -0.507 e. The molecular formula is C32H47ClFNO7. The second kappa shape index (κ2) is 16.9. The molecule has 0 amide bonds. The van der Waals surface area contributed by atoms with E-state index >= 15 is 0 Å². The van der Waals surface area contributed by atoms with Crippen molar-refractivity contribution in [3.63, 3.8) is 0 Å². The highest BCUT2D eigenvalue weighted by molar-refractivity contribution is 6.33. The average Bonchev–Trinajstić information content (AvgIpc) is 2.95. The number of aromatic hydroxyl groups is 1. The minimum absolute atomic E-state index is 0.0774. The molecule has 1 aliphatic carbocycles. The molecule has 0 spiro atoms. The Balaban J connectivity index is 2.36. The molecule has 0 unspecified atom stereocenters. The van der Waals surface area contributed by atoms with Gasteiger partial charge < -0.3 is 28.9 Å². The molecule has 1 saturated carbocycles. The van der Waals surface area contributed by atoms with E-state index in [9.17, 15) is 14.3 Å². The van der Waals surface area contributed by atoms with Gasteiger partial charge in [-0.1, -0.05) is 61.3 Å². The van der Waals surface area contributed by atoms with Crippen molar-refractivity contribution in [2.45, 2.75) is 80.9 Å². The van der Waals surface area contributed by atoms with Gasteiger partial charge in [-0.3, -0.25) is 0 Å². The van der Waals surface area contributed by atoms with Crippen LogP contribution in [0.2, 0.25) is 5.02 Å². The van der Waals surface area contributed by atoms with Crippen molar-refractivity contribution in [2.75, 3.05) is 33.3 Å². The van der Waals surface area contributed by atoms with Gasteiger partial charge in [0.15, 0.2) is 6.29 Å². The quantitative estimate of drug-likeness (QED) is 0.0936. The van der Waals surface area contributed by atoms with Crippen LogP contribution in [-0.2, 0) is 30.3 Å². The largest absolute Gasteiger partial charge is 0.507 e. The lowest BCUT2D eigenvalue weighted by molar-refractivity contribution is -0.148. The first-order valence-corrected chi connectivity index (χ1v) is 15.0. The number of nitrogens with zero attached hydrogens (tertiary/aromatic N) is 1. The number of esters is 1. The van der Waals surface area contributed by atoms with E-state index in [-0.39, 0.29) is 40.9 Å². The molecule has 8 nitrogen and oxygen atoms in total. The summed E-state index contributed by atoms with van der Waals surface area (Å²) in [6.07, 6.45) is 7.29. The average molecular weight is 612 g/mol. The van der Waals surface area contributed by atoms with E-state index in [1.807, 2.05) is 32.9 Å². The summed E-state index contributed by atoms with van der Waals surface area (Å²) in [6.45, 7) is 15.3.